The van der Waals surface area contributed by atoms with Crippen LogP contribution in [-0.4, -0.2) is 12.2 Å². The van der Waals surface area contributed by atoms with Crippen LogP contribution in [0.1, 0.15) is 0 Å². The minimum Gasteiger partial charge on any atom is -0.508 e. The van der Waals surface area contributed by atoms with Crippen molar-refractivity contribution in [2.75, 3.05) is 18.1 Å². The van der Waals surface area contributed by atoms with Crippen molar-refractivity contribution in [3.63, 3.8) is 0 Å². The number of nitrogen functional groups attached to an aromatic ring is 1. The van der Waals surface area contributed by atoms with E-state index >= 15 is 0 Å². The van der Waals surface area contributed by atoms with E-state index in [2.05, 4.69) is 5.32 Å². The van der Waals surface area contributed by atoms with Gasteiger partial charge in [0.15, 0.2) is 0 Å². The van der Waals surface area contributed by atoms with Gasteiger partial charge in [-0.15, -0.1) is 0 Å². The third-order valence-electron chi connectivity index (χ3n) is 2.37. The van der Waals surface area contributed by atoms with Gasteiger partial charge in [-0.3, -0.25) is 0 Å². The molecule has 17 heavy (non-hydrogen) atoms. The molecule has 4 N–H and O–H groups in total. The highest BCUT2D eigenvalue weighted by Crippen LogP contribution is 2.28. The van der Waals surface area contributed by atoms with E-state index < -0.39 is 0 Å². The van der Waals surface area contributed by atoms with Crippen molar-refractivity contribution in [2.24, 2.45) is 0 Å². The number of nitrogens with two attached hydrogens (primary N) is 1. The van der Waals surface area contributed by atoms with Crippen LogP contribution in [0, 0.1) is 0 Å². The molecular weight excluding hydrogens is 216 g/mol. The van der Waals surface area contributed by atoms with Gasteiger partial charge in [0, 0.05) is 13.1 Å². The maximum absolute atomic E-state index is 9.16. The quantitative estimate of drug-likeness (QED) is 0.709. The number of benzene rings is 2. The third kappa shape index (κ3) is 2.60. The molecule has 0 saturated heterocycles. The number of hydrogen-bond acceptors (Lipinski definition) is 4. The Bertz CT molecular complexity index is 509. The number of rotatable bonds is 3. The van der Waals surface area contributed by atoms with Gasteiger partial charge in [-0.1, -0.05) is 0 Å². The summed E-state index contributed by atoms with van der Waals surface area (Å²) in [7, 11) is 1.80. The van der Waals surface area contributed by atoms with Crippen LogP contribution in [0.15, 0.2) is 42.5 Å². The van der Waals surface area contributed by atoms with Gasteiger partial charge in [-0.25, -0.2) is 0 Å². The predicted octanol–water partition coefficient (Wildman–Crippen LogP) is 2.81. The fourth-order valence-electron chi connectivity index (χ4n) is 1.47. The van der Waals surface area contributed by atoms with Gasteiger partial charge in [0.1, 0.15) is 17.2 Å². The summed E-state index contributed by atoms with van der Waals surface area (Å²) in [6, 6.07) is 11.9. The molecule has 0 aliphatic carbocycles. The van der Waals surface area contributed by atoms with Crippen molar-refractivity contribution in [2.45, 2.75) is 0 Å². The molecular formula is C13H14N2O2. The smallest absolute Gasteiger partial charge is 0.129 e. The van der Waals surface area contributed by atoms with Crippen LogP contribution < -0.4 is 15.8 Å². The molecule has 0 spiro atoms. The van der Waals surface area contributed by atoms with Crippen molar-refractivity contribution in [1.29, 1.82) is 0 Å². The number of hydrogen-bond donors (Lipinski definition) is 3. The molecule has 0 heterocycles. The summed E-state index contributed by atoms with van der Waals surface area (Å²) in [6.07, 6.45) is 0. The maximum atomic E-state index is 9.16. The van der Waals surface area contributed by atoms with E-state index in [1.807, 2.05) is 6.07 Å². The average molecular weight is 230 g/mol. The van der Waals surface area contributed by atoms with E-state index in [4.69, 9.17) is 15.6 Å². The first-order valence-electron chi connectivity index (χ1n) is 5.23. The molecule has 2 aromatic carbocycles. The van der Waals surface area contributed by atoms with Crippen LogP contribution in [0.4, 0.5) is 11.4 Å². The first-order valence-corrected chi connectivity index (χ1v) is 5.23. The van der Waals surface area contributed by atoms with Gasteiger partial charge < -0.3 is 20.9 Å². The van der Waals surface area contributed by atoms with Crippen molar-refractivity contribution >= 4 is 11.4 Å². The monoisotopic (exact) mass is 230 g/mol. The van der Waals surface area contributed by atoms with Crippen molar-refractivity contribution in [3.8, 4) is 17.2 Å². The van der Waals surface area contributed by atoms with E-state index in [1.165, 1.54) is 0 Å². The molecule has 2 aromatic rings. The zero-order chi connectivity index (χ0) is 12.3. The summed E-state index contributed by atoms with van der Waals surface area (Å²) < 4.78 is 5.62. The number of phenolic OH excluding ortho intramolecular Hbond substituents is 1. The Kier molecular flexibility index (Phi) is 3.05. The molecule has 0 aliphatic heterocycles. The second-order valence-electron chi connectivity index (χ2n) is 3.60. The fraction of sp³-hybridized carbons (Fsp3) is 0.0769. The summed E-state index contributed by atoms with van der Waals surface area (Å²) in [4.78, 5) is 0. The summed E-state index contributed by atoms with van der Waals surface area (Å²) in [5.74, 6) is 1.56. The average Bonchev–Trinajstić information content (AvgIpc) is 2.34. The normalized spacial score (nSPS) is 9.94. The first-order chi connectivity index (χ1) is 8.19. The summed E-state index contributed by atoms with van der Waals surface area (Å²) in [5.41, 5.74) is 7.25. The number of phenols is 1. The minimum absolute atomic E-state index is 0.213. The molecule has 0 atom stereocenters. The van der Waals surface area contributed by atoms with Gasteiger partial charge in [0.25, 0.3) is 0 Å². The molecule has 0 unspecified atom stereocenters. The lowest BCUT2D eigenvalue weighted by atomic mass is 10.2. The molecule has 0 radical (unpaired) electrons. The highest BCUT2D eigenvalue weighted by atomic mass is 16.5. The van der Waals surface area contributed by atoms with E-state index in [0.29, 0.717) is 17.2 Å². The highest BCUT2D eigenvalue weighted by molar-refractivity contribution is 5.68. The second kappa shape index (κ2) is 4.65. The fourth-order valence-corrected chi connectivity index (χ4v) is 1.47. The van der Waals surface area contributed by atoms with E-state index in [0.717, 1.165) is 5.69 Å². The van der Waals surface area contributed by atoms with Crippen LogP contribution >= 0.6 is 0 Å². The Balaban J connectivity index is 2.21. The molecule has 4 heteroatoms. The molecule has 0 aromatic heterocycles. The number of anilines is 2. The van der Waals surface area contributed by atoms with Gasteiger partial charge in [0.05, 0.1) is 11.4 Å². The van der Waals surface area contributed by atoms with E-state index in [1.54, 1.807) is 43.4 Å². The number of nitrogens with one attached hydrogen (secondary N) is 1. The van der Waals surface area contributed by atoms with Crippen LogP contribution in [-0.2, 0) is 0 Å². The topological polar surface area (TPSA) is 67.5 Å². The minimum atomic E-state index is 0.213. The number of aromatic hydroxyl groups is 1. The molecule has 0 amide bonds. The zero-order valence-corrected chi connectivity index (χ0v) is 9.47. The van der Waals surface area contributed by atoms with Crippen molar-refractivity contribution < 1.29 is 9.84 Å². The largest absolute Gasteiger partial charge is 0.508 e. The van der Waals surface area contributed by atoms with Gasteiger partial charge in [0.2, 0.25) is 0 Å². The lowest BCUT2D eigenvalue weighted by molar-refractivity contribution is 0.464. The molecule has 4 nitrogen and oxygen atoms in total. The Hall–Kier alpha value is -2.36. The lowest BCUT2D eigenvalue weighted by Crippen LogP contribution is -1.95. The number of ether oxygens (including phenoxy) is 1. The Morgan fingerprint density at radius 3 is 2.35 bits per heavy atom. The molecule has 2 rings (SSSR count). The van der Waals surface area contributed by atoms with Crippen molar-refractivity contribution in [1.82, 2.24) is 0 Å². The van der Waals surface area contributed by atoms with Crippen molar-refractivity contribution in [3.05, 3.63) is 42.5 Å². The third-order valence-corrected chi connectivity index (χ3v) is 2.37. The molecule has 0 saturated carbocycles. The predicted molar refractivity (Wildman–Crippen MR) is 68.6 cm³/mol. The van der Waals surface area contributed by atoms with Crippen LogP contribution in [0.25, 0.3) is 0 Å². The summed E-state index contributed by atoms with van der Waals surface area (Å²) in [5, 5.41) is 12.1. The Labute approximate surface area is 99.7 Å². The van der Waals surface area contributed by atoms with Crippen LogP contribution in [0.2, 0.25) is 0 Å². The van der Waals surface area contributed by atoms with E-state index in [-0.39, 0.29) is 5.75 Å². The van der Waals surface area contributed by atoms with Crippen LogP contribution in [0.3, 0.4) is 0 Å². The molecule has 88 valence electrons. The van der Waals surface area contributed by atoms with E-state index in [9.17, 15) is 0 Å². The van der Waals surface area contributed by atoms with Gasteiger partial charge in [-0.05, 0) is 36.4 Å². The Morgan fingerprint density at radius 2 is 1.71 bits per heavy atom. The Morgan fingerprint density at radius 1 is 1.06 bits per heavy atom. The zero-order valence-electron chi connectivity index (χ0n) is 9.47. The second-order valence-corrected chi connectivity index (χ2v) is 3.60. The lowest BCUT2D eigenvalue weighted by Gasteiger charge is -2.09. The maximum Gasteiger partial charge on any atom is 0.129 e. The summed E-state index contributed by atoms with van der Waals surface area (Å²) in [6.45, 7) is 0. The van der Waals surface area contributed by atoms with Gasteiger partial charge in [-0.2, -0.15) is 0 Å². The SMILES string of the molecule is CNc1cc(Oc2ccc(O)cc2)ccc1N. The highest BCUT2D eigenvalue weighted by Gasteiger charge is 2.01. The molecule has 0 aliphatic rings. The standard InChI is InChI=1S/C13H14N2O2/c1-15-13-8-11(6-7-12(13)14)17-10-4-2-9(16)3-5-10/h2-8,15-16H,14H2,1H3. The first kappa shape index (κ1) is 11.1. The van der Waals surface area contributed by atoms with Crippen LogP contribution in [0.5, 0.6) is 17.2 Å². The summed E-state index contributed by atoms with van der Waals surface area (Å²) >= 11 is 0. The van der Waals surface area contributed by atoms with Gasteiger partial charge >= 0.3 is 0 Å². The molecule has 0 bridgehead atoms. The molecule has 0 fully saturated rings.